The molecule has 0 aliphatic rings. The Hall–Kier alpha value is -1.54. The van der Waals surface area contributed by atoms with Crippen LogP contribution in [0.15, 0.2) is 0 Å². The van der Waals surface area contributed by atoms with Crippen molar-refractivity contribution in [2.45, 2.75) is 13.8 Å². The zero-order valence-corrected chi connectivity index (χ0v) is 10.8. The molecule has 0 saturated carbocycles. The summed E-state index contributed by atoms with van der Waals surface area (Å²) in [5.74, 6) is -0.774. The second kappa shape index (κ2) is 4.38. The molecule has 0 aromatic carbocycles. The summed E-state index contributed by atoms with van der Waals surface area (Å²) in [6.45, 7) is 3.26. The fourth-order valence-corrected chi connectivity index (χ4v) is 1.91. The lowest BCUT2D eigenvalue weighted by molar-refractivity contribution is 0.0598. The topological polar surface area (TPSA) is 101 Å². The van der Waals surface area contributed by atoms with Crippen LogP contribution >= 0.6 is 0 Å². The molecule has 0 unspecified atom stereocenters. The van der Waals surface area contributed by atoms with Crippen LogP contribution in [0.5, 0.6) is 5.75 Å². The molecule has 0 radical (unpaired) electrons. The SMILES string of the molecule is COC(=O)c1c(OS(N)(=O)=O)c(C)n(C)c1C. The van der Waals surface area contributed by atoms with Crippen molar-refractivity contribution in [3.63, 3.8) is 0 Å². The van der Waals surface area contributed by atoms with Gasteiger partial charge in [0.25, 0.3) is 0 Å². The molecule has 0 bridgehead atoms. The Balaban J connectivity index is 3.47. The molecule has 0 fully saturated rings. The van der Waals surface area contributed by atoms with Gasteiger partial charge in [0.1, 0.15) is 5.56 Å². The Morgan fingerprint density at radius 1 is 1.29 bits per heavy atom. The van der Waals surface area contributed by atoms with Crippen molar-refractivity contribution < 1.29 is 22.1 Å². The summed E-state index contributed by atoms with van der Waals surface area (Å²) in [5, 5.41) is 4.79. The molecular formula is C9H14N2O5S. The van der Waals surface area contributed by atoms with E-state index in [0.717, 1.165) is 0 Å². The standard InChI is InChI=1S/C9H14N2O5S/c1-5-7(9(12)15-4)8(6(2)11(5)3)16-17(10,13)14/h1-4H3,(H2,10,13,14). The van der Waals surface area contributed by atoms with Crippen LogP contribution in [0.4, 0.5) is 0 Å². The maximum Gasteiger partial charge on any atom is 0.380 e. The van der Waals surface area contributed by atoms with Gasteiger partial charge >= 0.3 is 16.3 Å². The number of nitrogens with zero attached hydrogens (tertiary/aromatic N) is 1. The number of ether oxygens (including phenoxy) is 1. The first-order chi connectivity index (χ1) is 7.69. The van der Waals surface area contributed by atoms with Gasteiger partial charge < -0.3 is 13.5 Å². The highest BCUT2D eigenvalue weighted by atomic mass is 32.2. The molecule has 0 amide bonds. The second-order valence-electron chi connectivity index (χ2n) is 3.50. The average Bonchev–Trinajstić information content (AvgIpc) is 2.41. The first kappa shape index (κ1) is 13.5. The summed E-state index contributed by atoms with van der Waals surface area (Å²) in [5.41, 5.74) is 1.06. The molecule has 8 heteroatoms. The van der Waals surface area contributed by atoms with Crippen molar-refractivity contribution in [2.24, 2.45) is 12.2 Å². The van der Waals surface area contributed by atoms with Crippen LogP contribution in [0.3, 0.4) is 0 Å². The van der Waals surface area contributed by atoms with E-state index >= 15 is 0 Å². The van der Waals surface area contributed by atoms with Gasteiger partial charge in [-0.15, -0.1) is 0 Å². The minimum atomic E-state index is -4.19. The van der Waals surface area contributed by atoms with E-state index in [1.54, 1.807) is 25.5 Å². The molecule has 0 atom stereocenters. The van der Waals surface area contributed by atoms with Crippen molar-refractivity contribution >= 4 is 16.3 Å². The number of nitrogens with two attached hydrogens (primary N) is 1. The molecule has 96 valence electrons. The van der Waals surface area contributed by atoms with Crippen LogP contribution in [0.2, 0.25) is 0 Å². The van der Waals surface area contributed by atoms with Gasteiger partial charge in [0.2, 0.25) is 0 Å². The lowest BCUT2D eigenvalue weighted by atomic mass is 10.2. The third kappa shape index (κ3) is 2.59. The summed E-state index contributed by atoms with van der Waals surface area (Å²) < 4.78 is 32.7. The molecule has 1 rings (SSSR count). The normalized spacial score (nSPS) is 11.4. The molecule has 1 heterocycles. The van der Waals surface area contributed by atoms with Crippen LogP contribution in [0.1, 0.15) is 21.7 Å². The van der Waals surface area contributed by atoms with Crippen LogP contribution in [0, 0.1) is 13.8 Å². The highest BCUT2D eigenvalue weighted by Crippen LogP contribution is 2.30. The Labute approximate surface area is 99.4 Å². The van der Waals surface area contributed by atoms with Crippen LogP contribution < -0.4 is 9.32 Å². The van der Waals surface area contributed by atoms with Gasteiger partial charge in [-0.2, -0.15) is 13.6 Å². The van der Waals surface area contributed by atoms with Gasteiger partial charge in [0.05, 0.1) is 12.8 Å². The molecule has 0 saturated heterocycles. The van der Waals surface area contributed by atoms with Gasteiger partial charge in [-0.3, -0.25) is 0 Å². The number of aromatic nitrogens is 1. The summed E-state index contributed by atoms with van der Waals surface area (Å²) in [6, 6.07) is 0. The minimum absolute atomic E-state index is 0.0570. The van der Waals surface area contributed by atoms with Crippen molar-refractivity contribution in [1.29, 1.82) is 0 Å². The lowest BCUT2D eigenvalue weighted by Crippen LogP contribution is -2.20. The maximum absolute atomic E-state index is 11.6. The Kier molecular flexibility index (Phi) is 3.48. The van der Waals surface area contributed by atoms with Crippen LogP contribution in [-0.2, 0) is 22.1 Å². The van der Waals surface area contributed by atoms with Gasteiger partial charge in [-0.1, -0.05) is 0 Å². The van der Waals surface area contributed by atoms with Gasteiger partial charge in [0, 0.05) is 12.7 Å². The summed E-state index contributed by atoms with van der Waals surface area (Å²) >= 11 is 0. The number of esters is 1. The van der Waals surface area contributed by atoms with E-state index in [2.05, 4.69) is 8.92 Å². The molecule has 1 aromatic heterocycles. The van der Waals surface area contributed by atoms with Crippen molar-refractivity contribution in [3.8, 4) is 5.75 Å². The Morgan fingerprint density at radius 3 is 2.24 bits per heavy atom. The zero-order chi connectivity index (χ0) is 13.4. The predicted molar refractivity (Wildman–Crippen MR) is 60.0 cm³/mol. The molecule has 0 aliphatic carbocycles. The van der Waals surface area contributed by atoms with Gasteiger partial charge in [0.15, 0.2) is 5.75 Å². The number of hydrogen-bond acceptors (Lipinski definition) is 5. The van der Waals surface area contributed by atoms with E-state index in [-0.39, 0.29) is 11.3 Å². The van der Waals surface area contributed by atoms with E-state index < -0.39 is 16.3 Å². The molecule has 17 heavy (non-hydrogen) atoms. The van der Waals surface area contributed by atoms with Crippen molar-refractivity contribution in [1.82, 2.24) is 4.57 Å². The average molecular weight is 262 g/mol. The molecular weight excluding hydrogens is 248 g/mol. The fraction of sp³-hybridized carbons (Fsp3) is 0.444. The monoisotopic (exact) mass is 262 g/mol. The van der Waals surface area contributed by atoms with Gasteiger partial charge in [-0.05, 0) is 13.8 Å². The predicted octanol–water partition coefficient (Wildman–Crippen LogP) is 0.0108. The maximum atomic E-state index is 11.6. The highest BCUT2D eigenvalue weighted by Gasteiger charge is 2.26. The first-order valence-electron chi connectivity index (χ1n) is 4.65. The number of carbonyl (C=O) groups excluding carboxylic acids is 1. The fourth-order valence-electron chi connectivity index (χ4n) is 1.48. The lowest BCUT2D eigenvalue weighted by Gasteiger charge is -2.04. The molecule has 1 aromatic rings. The van der Waals surface area contributed by atoms with Crippen molar-refractivity contribution in [2.75, 3.05) is 7.11 Å². The molecule has 0 spiro atoms. The molecule has 7 nitrogen and oxygen atoms in total. The van der Waals surface area contributed by atoms with E-state index in [4.69, 9.17) is 5.14 Å². The number of carbonyl (C=O) groups is 1. The van der Waals surface area contributed by atoms with E-state index in [1.165, 1.54) is 7.11 Å². The summed E-state index contributed by atoms with van der Waals surface area (Å²) in [7, 11) is -1.32. The second-order valence-corrected chi connectivity index (χ2v) is 4.65. The third-order valence-electron chi connectivity index (χ3n) is 2.51. The summed E-state index contributed by atoms with van der Waals surface area (Å²) in [4.78, 5) is 11.6. The summed E-state index contributed by atoms with van der Waals surface area (Å²) in [6.07, 6.45) is 0. The minimum Gasteiger partial charge on any atom is -0.465 e. The Bertz CT molecular complexity index is 558. The number of hydrogen-bond donors (Lipinski definition) is 1. The number of rotatable bonds is 3. The molecule has 0 aliphatic heterocycles. The highest BCUT2D eigenvalue weighted by molar-refractivity contribution is 7.84. The number of methoxy groups -OCH3 is 1. The molecule has 2 N–H and O–H groups in total. The van der Waals surface area contributed by atoms with Gasteiger partial charge in [-0.25, -0.2) is 4.79 Å². The van der Waals surface area contributed by atoms with Crippen LogP contribution in [-0.4, -0.2) is 26.1 Å². The Morgan fingerprint density at radius 2 is 1.82 bits per heavy atom. The van der Waals surface area contributed by atoms with E-state index in [9.17, 15) is 13.2 Å². The zero-order valence-electron chi connectivity index (χ0n) is 9.97. The quantitative estimate of drug-likeness (QED) is 0.773. The first-order valence-corrected chi connectivity index (χ1v) is 6.12. The van der Waals surface area contributed by atoms with E-state index in [0.29, 0.717) is 11.4 Å². The smallest absolute Gasteiger partial charge is 0.380 e. The van der Waals surface area contributed by atoms with Crippen molar-refractivity contribution in [3.05, 3.63) is 17.0 Å². The van der Waals surface area contributed by atoms with E-state index in [1.807, 2.05) is 0 Å². The van der Waals surface area contributed by atoms with Crippen LogP contribution in [0.25, 0.3) is 0 Å². The third-order valence-corrected chi connectivity index (χ3v) is 2.91. The largest absolute Gasteiger partial charge is 0.465 e.